The maximum Gasteiger partial charge on any atom is 0.325 e. The van der Waals surface area contributed by atoms with Crippen LogP contribution in [0.2, 0.25) is 0 Å². The lowest BCUT2D eigenvalue weighted by molar-refractivity contribution is -0.138. The second-order valence-corrected chi connectivity index (χ2v) is 5.39. The number of carbonyl (C=O) groups excluding carboxylic acids is 1. The minimum absolute atomic E-state index is 0.0868. The molecule has 0 aromatic carbocycles. The van der Waals surface area contributed by atoms with Gasteiger partial charge in [0.1, 0.15) is 22.8 Å². The van der Waals surface area contributed by atoms with E-state index in [4.69, 9.17) is 0 Å². The molecule has 1 aromatic heterocycles. The quantitative estimate of drug-likeness (QED) is 0.684. The van der Waals surface area contributed by atoms with Crippen LogP contribution < -0.4 is 5.32 Å². The lowest BCUT2D eigenvalue weighted by Gasteiger charge is -2.17. The van der Waals surface area contributed by atoms with Gasteiger partial charge in [-0.2, -0.15) is 0 Å². The Morgan fingerprint density at radius 2 is 2.12 bits per heavy atom. The first-order valence-corrected chi connectivity index (χ1v) is 5.98. The van der Waals surface area contributed by atoms with Gasteiger partial charge >= 0.3 is 5.97 Å². The van der Waals surface area contributed by atoms with E-state index >= 15 is 0 Å². The van der Waals surface area contributed by atoms with Crippen LogP contribution in [0, 0.1) is 0 Å². The van der Waals surface area contributed by atoms with Crippen molar-refractivity contribution in [1.29, 1.82) is 0 Å². The van der Waals surface area contributed by atoms with Gasteiger partial charge in [0.05, 0.1) is 7.11 Å². The van der Waals surface area contributed by atoms with Crippen molar-refractivity contribution in [3.63, 3.8) is 0 Å². The van der Waals surface area contributed by atoms with Crippen molar-refractivity contribution in [2.45, 2.75) is 26.2 Å². The van der Waals surface area contributed by atoms with Crippen molar-refractivity contribution in [1.82, 2.24) is 9.97 Å². The molecule has 0 aliphatic carbocycles. The number of anilines is 1. The number of rotatable bonds is 3. The predicted molar refractivity (Wildman–Crippen MR) is 68.9 cm³/mol. The van der Waals surface area contributed by atoms with E-state index < -0.39 is 0 Å². The molecule has 6 heteroatoms. The molecule has 0 bridgehead atoms. The first-order chi connectivity index (χ1) is 7.82. The monoisotopic (exact) mass is 301 g/mol. The average Bonchev–Trinajstić information content (AvgIpc) is 2.24. The van der Waals surface area contributed by atoms with Crippen LogP contribution in [0.15, 0.2) is 10.7 Å². The maximum absolute atomic E-state index is 11.0. The van der Waals surface area contributed by atoms with E-state index in [0.29, 0.717) is 16.2 Å². The Balaban J connectivity index is 2.87. The third-order valence-electron chi connectivity index (χ3n) is 2.01. The van der Waals surface area contributed by atoms with Gasteiger partial charge < -0.3 is 10.1 Å². The van der Waals surface area contributed by atoms with Crippen LogP contribution in [0.3, 0.4) is 0 Å². The summed E-state index contributed by atoms with van der Waals surface area (Å²) in [6.45, 7) is 6.17. The van der Waals surface area contributed by atoms with Crippen LogP contribution in [0.25, 0.3) is 0 Å². The van der Waals surface area contributed by atoms with Gasteiger partial charge in [0.2, 0.25) is 0 Å². The smallest absolute Gasteiger partial charge is 0.325 e. The number of nitrogens with one attached hydrogen (secondary N) is 1. The number of halogens is 1. The molecule has 17 heavy (non-hydrogen) atoms. The largest absolute Gasteiger partial charge is 0.468 e. The molecule has 0 unspecified atom stereocenters. The number of methoxy groups -OCH3 is 1. The molecule has 0 amide bonds. The van der Waals surface area contributed by atoms with Crippen molar-refractivity contribution < 1.29 is 9.53 Å². The van der Waals surface area contributed by atoms with Gasteiger partial charge in [-0.1, -0.05) is 20.8 Å². The van der Waals surface area contributed by atoms with Gasteiger partial charge in [0.15, 0.2) is 0 Å². The van der Waals surface area contributed by atoms with E-state index in [1.54, 1.807) is 6.07 Å². The molecule has 0 aliphatic heterocycles. The highest BCUT2D eigenvalue weighted by molar-refractivity contribution is 9.10. The fourth-order valence-corrected chi connectivity index (χ4v) is 1.46. The summed E-state index contributed by atoms with van der Waals surface area (Å²) in [6.07, 6.45) is 0. The van der Waals surface area contributed by atoms with Gasteiger partial charge in [-0.05, 0) is 15.9 Å². The van der Waals surface area contributed by atoms with Crippen molar-refractivity contribution in [3.05, 3.63) is 16.5 Å². The molecule has 1 aromatic rings. The zero-order valence-corrected chi connectivity index (χ0v) is 12.0. The van der Waals surface area contributed by atoms with Crippen LogP contribution in [0.1, 0.15) is 26.6 Å². The highest BCUT2D eigenvalue weighted by Crippen LogP contribution is 2.22. The Hall–Kier alpha value is -1.17. The van der Waals surface area contributed by atoms with Crippen LogP contribution in [-0.2, 0) is 14.9 Å². The van der Waals surface area contributed by atoms with Crippen LogP contribution >= 0.6 is 15.9 Å². The molecule has 94 valence electrons. The number of carbonyl (C=O) groups is 1. The molecule has 0 atom stereocenters. The summed E-state index contributed by atoms with van der Waals surface area (Å²) >= 11 is 3.32. The van der Waals surface area contributed by atoms with Gasteiger partial charge in [0.25, 0.3) is 0 Å². The number of esters is 1. The van der Waals surface area contributed by atoms with Gasteiger partial charge in [-0.15, -0.1) is 0 Å². The van der Waals surface area contributed by atoms with Gasteiger partial charge in [0, 0.05) is 11.5 Å². The fraction of sp³-hybridized carbons (Fsp3) is 0.545. The lowest BCUT2D eigenvalue weighted by atomic mass is 9.96. The molecule has 0 saturated heterocycles. The van der Waals surface area contributed by atoms with Crippen molar-refractivity contribution in [3.8, 4) is 0 Å². The Kier molecular flexibility index (Phi) is 4.45. The first-order valence-electron chi connectivity index (χ1n) is 5.18. The van der Waals surface area contributed by atoms with E-state index in [2.05, 4.69) is 36.0 Å². The molecule has 0 radical (unpaired) electrons. The summed E-state index contributed by atoms with van der Waals surface area (Å²) in [5.41, 5.74) is -0.147. The molecule has 0 fully saturated rings. The van der Waals surface area contributed by atoms with Crippen LogP contribution in [-0.4, -0.2) is 29.6 Å². The number of hydrogen-bond acceptors (Lipinski definition) is 5. The maximum atomic E-state index is 11.0. The highest BCUT2D eigenvalue weighted by Gasteiger charge is 2.18. The molecule has 0 saturated carbocycles. The molecular formula is C11H16BrN3O2. The minimum atomic E-state index is -0.336. The zero-order valence-electron chi connectivity index (χ0n) is 10.4. The van der Waals surface area contributed by atoms with E-state index in [1.165, 1.54) is 7.11 Å². The molecule has 1 heterocycles. The zero-order chi connectivity index (χ0) is 13.1. The molecule has 0 spiro atoms. The summed E-state index contributed by atoms with van der Waals surface area (Å²) in [5.74, 6) is 0.971. The lowest BCUT2D eigenvalue weighted by Crippen LogP contribution is -2.20. The third kappa shape index (κ3) is 4.30. The summed E-state index contributed by atoms with van der Waals surface area (Å²) < 4.78 is 5.23. The van der Waals surface area contributed by atoms with E-state index in [-0.39, 0.29) is 17.9 Å². The number of ether oxygens (including phenoxy) is 1. The Labute approximate surface area is 109 Å². The van der Waals surface area contributed by atoms with Crippen molar-refractivity contribution in [2.24, 2.45) is 0 Å². The summed E-state index contributed by atoms with van der Waals surface area (Å²) in [5, 5.41) is 2.89. The molecule has 0 aliphatic rings. The molecule has 1 rings (SSSR count). The standard InChI is InChI=1S/C11H16BrN3O2/c1-11(2,3)10-14-7(12)5-8(15-10)13-6-9(16)17-4/h5H,6H2,1-4H3,(H,13,14,15). The second-order valence-electron chi connectivity index (χ2n) is 4.58. The summed E-state index contributed by atoms with van der Waals surface area (Å²) in [6, 6.07) is 1.72. The van der Waals surface area contributed by atoms with Crippen molar-refractivity contribution in [2.75, 3.05) is 19.0 Å². The molecular weight excluding hydrogens is 286 g/mol. The summed E-state index contributed by atoms with van der Waals surface area (Å²) in [4.78, 5) is 19.7. The number of nitrogens with zero attached hydrogens (tertiary/aromatic N) is 2. The van der Waals surface area contributed by atoms with Gasteiger partial charge in [-0.3, -0.25) is 4.79 Å². The minimum Gasteiger partial charge on any atom is -0.468 e. The fourth-order valence-electron chi connectivity index (χ4n) is 1.08. The molecule has 1 N–H and O–H groups in total. The molecule has 5 nitrogen and oxygen atoms in total. The second kappa shape index (κ2) is 5.44. The van der Waals surface area contributed by atoms with Crippen LogP contribution in [0.4, 0.5) is 5.82 Å². The Morgan fingerprint density at radius 3 is 2.65 bits per heavy atom. The normalized spacial score (nSPS) is 11.1. The first kappa shape index (κ1) is 13.9. The SMILES string of the molecule is COC(=O)CNc1cc(Br)nc(C(C)(C)C)n1. The van der Waals surface area contributed by atoms with E-state index in [0.717, 1.165) is 0 Å². The predicted octanol–water partition coefficient (Wildman–Crippen LogP) is 2.12. The number of aromatic nitrogens is 2. The highest BCUT2D eigenvalue weighted by atomic mass is 79.9. The number of hydrogen-bond donors (Lipinski definition) is 1. The van der Waals surface area contributed by atoms with Gasteiger partial charge in [-0.25, -0.2) is 9.97 Å². The third-order valence-corrected chi connectivity index (χ3v) is 2.41. The Bertz CT molecular complexity index is 416. The Morgan fingerprint density at radius 1 is 1.47 bits per heavy atom. The summed E-state index contributed by atoms with van der Waals surface area (Å²) in [7, 11) is 1.35. The van der Waals surface area contributed by atoms with Crippen molar-refractivity contribution >= 4 is 27.7 Å². The van der Waals surface area contributed by atoms with E-state index in [9.17, 15) is 4.79 Å². The van der Waals surface area contributed by atoms with E-state index in [1.807, 2.05) is 20.8 Å². The average molecular weight is 302 g/mol. The van der Waals surface area contributed by atoms with Crippen LogP contribution in [0.5, 0.6) is 0 Å². The topological polar surface area (TPSA) is 64.1 Å².